The summed E-state index contributed by atoms with van der Waals surface area (Å²) in [5.74, 6) is -3.22. The first-order valence-electron chi connectivity index (χ1n) is 9.02. The van der Waals surface area contributed by atoms with Crippen molar-refractivity contribution in [3.8, 4) is 0 Å². The van der Waals surface area contributed by atoms with Gasteiger partial charge in [0.15, 0.2) is 18.2 Å². The summed E-state index contributed by atoms with van der Waals surface area (Å²) < 4.78 is 16.6. The number of carbonyl (C=O) groups is 5. The summed E-state index contributed by atoms with van der Waals surface area (Å²) in [6.07, 6.45) is 1.47. The second-order valence-electron chi connectivity index (χ2n) is 6.42. The number of hydrogen-bond donors (Lipinski definition) is 1. The largest absolute Gasteiger partial charge is 0.462 e. The number of ketones is 2. The Balaban J connectivity index is 2.14. The maximum atomic E-state index is 12.2. The Labute approximate surface area is 172 Å². The standard InChI is InChI=1S/C20H22N2O8/c1-6-28-20(27)17-16(11(3)24)12(4)30-18(17)21-15(25)9-29-19(26)14-7-13(10(2)23)8-22(14)5/h7-8H,6,9H2,1-5H3,(H,21,25). The van der Waals surface area contributed by atoms with Crippen LogP contribution in [0.25, 0.3) is 0 Å². The number of aryl methyl sites for hydroxylation is 2. The van der Waals surface area contributed by atoms with Crippen molar-refractivity contribution < 1.29 is 37.9 Å². The molecule has 0 aliphatic heterocycles. The number of nitrogens with zero attached hydrogens (tertiary/aromatic N) is 1. The van der Waals surface area contributed by atoms with Gasteiger partial charge in [-0.05, 0) is 33.8 Å². The smallest absolute Gasteiger partial charge is 0.355 e. The molecule has 0 saturated carbocycles. The highest BCUT2D eigenvalue weighted by Gasteiger charge is 2.29. The third kappa shape index (κ3) is 4.83. The Bertz CT molecular complexity index is 1030. The molecule has 0 radical (unpaired) electrons. The Hall–Kier alpha value is -3.69. The lowest BCUT2D eigenvalue weighted by Gasteiger charge is -2.07. The van der Waals surface area contributed by atoms with E-state index < -0.39 is 30.2 Å². The van der Waals surface area contributed by atoms with Crippen molar-refractivity contribution in [3.05, 3.63) is 40.4 Å². The molecule has 10 heteroatoms. The van der Waals surface area contributed by atoms with Crippen LogP contribution in [-0.4, -0.2) is 47.2 Å². The van der Waals surface area contributed by atoms with Crippen LogP contribution in [0.1, 0.15) is 68.1 Å². The monoisotopic (exact) mass is 418 g/mol. The highest BCUT2D eigenvalue weighted by molar-refractivity contribution is 6.11. The molecule has 1 N–H and O–H groups in total. The number of Topliss-reactive ketones (excluding diaryl/α,β-unsaturated/α-hetero) is 2. The molecular formula is C20H22N2O8. The van der Waals surface area contributed by atoms with Gasteiger partial charge in [0.05, 0.1) is 12.2 Å². The van der Waals surface area contributed by atoms with E-state index in [-0.39, 0.29) is 40.9 Å². The van der Waals surface area contributed by atoms with Crippen LogP contribution < -0.4 is 5.32 Å². The number of nitrogens with one attached hydrogen (secondary N) is 1. The van der Waals surface area contributed by atoms with Gasteiger partial charge in [-0.3, -0.25) is 19.7 Å². The molecule has 2 rings (SSSR count). The molecule has 0 unspecified atom stereocenters. The summed E-state index contributed by atoms with van der Waals surface area (Å²) >= 11 is 0. The van der Waals surface area contributed by atoms with Crippen LogP contribution in [0.3, 0.4) is 0 Å². The number of amides is 1. The molecule has 2 aromatic heterocycles. The summed E-state index contributed by atoms with van der Waals surface area (Å²) in [6, 6.07) is 1.36. The first kappa shape index (κ1) is 22.6. The lowest BCUT2D eigenvalue weighted by Crippen LogP contribution is -2.23. The molecule has 160 valence electrons. The van der Waals surface area contributed by atoms with Crippen LogP contribution >= 0.6 is 0 Å². The lowest BCUT2D eigenvalue weighted by molar-refractivity contribution is -0.119. The number of furan rings is 1. The van der Waals surface area contributed by atoms with E-state index in [4.69, 9.17) is 13.9 Å². The molecule has 1 amide bonds. The molecule has 0 aliphatic carbocycles. The lowest BCUT2D eigenvalue weighted by atomic mass is 10.1. The normalized spacial score (nSPS) is 10.4. The van der Waals surface area contributed by atoms with Crippen molar-refractivity contribution in [3.63, 3.8) is 0 Å². The zero-order valence-electron chi connectivity index (χ0n) is 17.3. The van der Waals surface area contributed by atoms with E-state index in [1.807, 2.05) is 0 Å². The number of rotatable bonds is 8. The Kier molecular flexibility index (Phi) is 6.93. The molecule has 10 nitrogen and oxygen atoms in total. The van der Waals surface area contributed by atoms with Gasteiger partial charge in [0.2, 0.25) is 5.88 Å². The van der Waals surface area contributed by atoms with Gasteiger partial charge in [-0.2, -0.15) is 0 Å². The van der Waals surface area contributed by atoms with Gasteiger partial charge < -0.3 is 18.5 Å². The maximum absolute atomic E-state index is 12.2. The summed E-state index contributed by atoms with van der Waals surface area (Å²) in [7, 11) is 1.56. The van der Waals surface area contributed by atoms with Crippen LogP contribution in [0.5, 0.6) is 0 Å². The van der Waals surface area contributed by atoms with E-state index in [0.717, 1.165) is 0 Å². The third-order valence-corrected chi connectivity index (χ3v) is 4.12. The first-order valence-corrected chi connectivity index (χ1v) is 9.02. The van der Waals surface area contributed by atoms with Crippen molar-refractivity contribution in [1.29, 1.82) is 0 Å². The Morgan fingerprint density at radius 1 is 1.03 bits per heavy atom. The Morgan fingerprint density at radius 3 is 2.23 bits per heavy atom. The quantitative estimate of drug-likeness (QED) is 0.510. The van der Waals surface area contributed by atoms with E-state index >= 15 is 0 Å². The number of anilines is 1. The minimum Gasteiger partial charge on any atom is -0.462 e. The molecule has 0 fully saturated rings. The second kappa shape index (κ2) is 9.21. The molecule has 0 aliphatic rings. The maximum Gasteiger partial charge on any atom is 0.355 e. The fourth-order valence-electron chi connectivity index (χ4n) is 2.78. The number of aromatic nitrogens is 1. The fourth-order valence-corrected chi connectivity index (χ4v) is 2.78. The predicted molar refractivity (Wildman–Crippen MR) is 104 cm³/mol. The van der Waals surface area contributed by atoms with E-state index in [9.17, 15) is 24.0 Å². The molecule has 0 atom stereocenters. The molecule has 2 aromatic rings. The average molecular weight is 418 g/mol. The van der Waals surface area contributed by atoms with Crippen molar-refractivity contribution >= 4 is 35.3 Å². The zero-order chi connectivity index (χ0) is 22.6. The minimum absolute atomic E-state index is 0.00122. The van der Waals surface area contributed by atoms with Gasteiger partial charge in [-0.25, -0.2) is 9.59 Å². The zero-order valence-corrected chi connectivity index (χ0v) is 17.3. The molecule has 0 bridgehead atoms. The van der Waals surface area contributed by atoms with Gasteiger partial charge in [-0.15, -0.1) is 0 Å². The van der Waals surface area contributed by atoms with Crippen LogP contribution in [-0.2, 0) is 21.3 Å². The number of hydrogen-bond acceptors (Lipinski definition) is 8. The predicted octanol–water partition coefficient (Wildman–Crippen LogP) is 2.30. The number of ether oxygens (including phenoxy) is 2. The SMILES string of the molecule is CCOC(=O)c1c(NC(=O)COC(=O)c2cc(C(C)=O)cn2C)oc(C)c1C(C)=O. The third-order valence-electron chi connectivity index (χ3n) is 4.12. The molecular weight excluding hydrogens is 396 g/mol. The second-order valence-corrected chi connectivity index (χ2v) is 6.42. The highest BCUT2D eigenvalue weighted by Crippen LogP contribution is 2.28. The summed E-state index contributed by atoms with van der Waals surface area (Å²) in [4.78, 5) is 59.9. The van der Waals surface area contributed by atoms with E-state index in [1.165, 1.54) is 37.6 Å². The summed E-state index contributed by atoms with van der Waals surface area (Å²) in [6.45, 7) is 5.05. The number of carbonyl (C=O) groups excluding carboxylic acids is 5. The van der Waals surface area contributed by atoms with Gasteiger partial charge >= 0.3 is 11.9 Å². The van der Waals surface area contributed by atoms with E-state index in [2.05, 4.69) is 5.32 Å². The molecule has 30 heavy (non-hydrogen) atoms. The van der Waals surface area contributed by atoms with Crippen molar-refractivity contribution in [2.45, 2.75) is 27.7 Å². The number of esters is 2. The summed E-state index contributed by atoms with van der Waals surface area (Å²) in [5.41, 5.74) is 0.222. The van der Waals surface area contributed by atoms with Crippen LogP contribution in [0.2, 0.25) is 0 Å². The molecule has 0 aromatic carbocycles. The van der Waals surface area contributed by atoms with E-state index in [0.29, 0.717) is 5.56 Å². The van der Waals surface area contributed by atoms with Gasteiger partial charge in [0.1, 0.15) is 17.0 Å². The topological polar surface area (TPSA) is 134 Å². The van der Waals surface area contributed by atoms with Crippen molar-refractivity contribution in [1.82, 2.24) is 4.57 Å². The fraction of sp³-hybridized carbons (Fsp3) is 0.350. The van der Waals surface area contributed by atoms with Gasteiger partial charge in [0.25, 0.3) is 5.91 Å². The van der Waals surface area contributed by atoms with Crippen molar-refractivity contribution in [2.75, 3.05) is 18.5 Å². The molecule has 0 spiro atoms. The first-order chi connectivity index (χ1) is 14.1. The van der Waals surface area contributed by atoms with Crippen molar-refractivity contribution in [2.24, 2.45) is 7.05 Å². The Morgan fingerprint density at radius 2 is 1.70 bits per heavy atom. The molecule has 0 saturated heterocycles. The van der Waals surface area contributed by atoms with Crippen LogP contribution in [0.4, 0.5) is 5.88 Å². The summed E-state index contributed by atoms with van der Waals surface area (Å²) in [5, 5.41) is 2.31. The molecule has 2 heterocycles. The average Bonchev–Trinajstić information content (AvgIpc) is 3.20. The highest BCUT2D eigenvalue weighted by atomic mass is 16.5. The van der Waals surface area contributed by atoms with Gasteiger partial charge in [0, 0.05) is 18.8 Å². The minimum atomic E-state index is -0.826. The van der Waals surface area contributed by atoms with Crippen LogP contribution in [0, 0.1) is 6.92 Å². The van der Waals surface area contributed by atoms with Gasteiger partial charge in [-0.1, -0.05) is 0 Å². The van der Waals surface area contributed by atoms with Crippen LogP contribution in [0.15, 0.2) is 16.7 Å². The van der Waals surface area contributed by atoms with E-state index in [1.54, 1.807) is 14.0 Å².